The Kier molecular flexibility index (Phi) is 4.81. The molecular weight excluding hydrogens is 360 g/mol. The standard InChI is InChI=1S/C26H24O3/c27-26(29-25-15-13-20-8-2-4-11-23(20)25)17-18-6-5-9-21(16-18)28-24-14-12-19-7-1-3-10-22(19)24/h1-11,16,24-25H,12-15,17H2. The quantitative estimate of drug-likeness (QED) is 0.543. The zero-order valence-electron chi connectivity index (χ0n) is 16.3. The van der Waals surface area contributed by atoms with Crippen LogP contribution in [0.1, 0.15) is 52.9 Å². The van der Waals surface area contributed by atoms with E-state index in [0.717, 1.165) is 42.6 Å². The number of carbonyl (C=O) groups excluding carboxylic acids is 1. The molecule has 0 amide bonds. The number of hydrogen-bond acceptors (Lipinski definition) is 3. The largest absolute Gasteiger partial charge is 0.486 e. The third-order valence-electron chi connectivity index (χ3n) is 5.95. The maximum absolute atomic E-state index is 12.5. The van der Waals surface area contributed by atoms with Crippen molar-refractivity contribution in [2.75, 3.05) is 0 Å². The molecule has 2 aliphatic rings. The molecule has 3 aromatic carbocycles. The lowest BCUT2D eigenvalue weighted by molar-refractivity contribution is -0.148. The van der Waals surface area contributed by atoms with E-state index in [0.29, 0.717) is 0 Å². The van der Waals surface area contributed by atoms with Crippen molar-refractivity contribution >= 4 is 5.97 Å². The second-order valence-corrected chi connectivity index (χ2v) is 7.88. The van der Waals surface area contributed by atoms with Crippen molar-refractivity contribution < 1.29 is 14.3 Å². The summed E-state index contributed by atoms with van der Waals surface area (Å²) in [4.78, 5) is 12.5. The topological polar surface area (TPSA) is 35.5 Å². The van der Waals surface area contributed by atoms with E-state index in [1.165, 1.54) is 16.7 Å². The molecule has 0 saturated carbocycles. The van der Waals surface area contributed by atoms with Crippen LogP contribution < -0.4 is 4.74 Å². The smallest absolute Gasteiger partial charge is 0.310 e. The number of esters is 1. The number of hydrogen-bond donors (Lipinski definition) is 0. The first-order chi connectivity index (χ1) is 14.3. The van der Waals surface area contributed by atoms with E-state index in [1.807, 2.05) is 36.4 Å². The SMILES string of the molecule is O=C(Cc1cccc(OC2CCc3ccccc32)c1)OC1CCc2ccccc21. The van der Waals surface area contributed by atoms with Crippen molar-refractivity contribution in [2.45, 2.75) is 44.3 Å². The second-order valence-electron chi connectivity index (χ2n) is 7.88. The molecule has 2 aliphatic carbocycles. The molecule has 146 valence electrons. The summed E-state index contributed by atoms with van der Waals surface area (Å²) in [6.45, 7) is 0. The van der Waals surface area contributed by atoms with Gasteiger partial charge < -0.3 is 9.47 Å². The van der Waals surface area contributed by atoms with Crippen LogP contribution in [0.2, 0.25) is 0 Å². The van der Waals surface area contributed by atoms with E-state index < -0.39 is 0 Å². The summed E-state index contributed by atoms with van der Waals surface area (Å²) in [6.07, 6.45) is 4.12. The molecule has 0 N–H and O–H groups in total. The van der Waals surface area contributed by atoms with Gasteiger partial charge in [0.1, 0.15) is 18.0 Å². The van der Waals surface area contributed by atoms with Crippen molar-refractivity contribution in [3.8, 4) is 5.75 Å². The molecule has 3 heteroatoms. The van der Waals surface area contributed by atoms with Crippen LogP contribution in [-0.4, -0.2) is 5.97 Å². The minimum atomic E-state index is -0.185. The number of fused-ring (bicyclic) bond motifs is 2. The van der Waals surface area contributed by atoms with Gasteiger partial charge in [-0.2, -0.15) is 0 Å². The Morgan fingerprint density at radius 3 is 2.21 bits per heavy atom. The molecule has 0 fully saturated rings. The summed E-state index contributed by atoms with van der Waals surface area (Å²) in [5.74, 6) is 0.623. The molecular formula is C26H24O3. The molecule has 0 aliphatic heterocycles. The number of rotatable bonds is 5. The average Bonchev–Trinajstić information content (AvgIpc) is 3.33. The molecule has 2 atom stereocenters. The summed E-state index contributed by atoms with van der Waals surface area (Å²) in [5, 5.41) is 0. The molecule has 0 spiro atoms. The molecule has 0 aromatic heterocycles. The third-order valence-corrected chi connectivity index (χ3v) is 5.95. The second kappa shape index (κ2) is 7.75. The number of benzene rings is 3. The molecule has 29 heavy (non-hydrogen) atoms. The first-order valence-corrected chi connectivity index (χ1v) is 10.4. The predicted molar refractivity (Wildman–Crippen MR) is 112 cm³/mol. The molecule has 0 radical (unpaired) electrons. The van der Waals surface area contributed by atoms with Crippen molar-refractivity contribution in [1.29, 1.82) is 0 Å². The number of carbonyl (C=O) groups is 1. The maximum Gasteiger partial charge on any atom is 0.310 e. The van der Waals surface area contributed by atoms with Gasteiger partial charge in [0.2, 0.25) is 0 Å². The maximum atomic E-state index is 12.5. The summed E-state index contributed by atoms with van der Waals surface area (Å²) in [6, 6.07) is 24.5. The number of ether oxygens (including phenoxy) is 2. The van der Waals surface area contributed by atoms with Crippen molar-refractivity contribution in [3.05, 3.63) is 101 Å². The van der Waals surface area contributed by atoms with Gasteiger partial charge >= 0.3 is 5.97 Å². The van der Waals surface area contributed by atoms with Gasteiger partial charge in [0.25, 0.3) is 0 Å². The normalized spacial score (nSPS) is 19.4. The van der Waals surface area contributed by atoms with Crippen molar-refractivity contribution in [1.82, 2.24) is 0 Å². The molecule has 2 unspecified atom stereocenters. The highest BCUT2D eigenvalue weighted by atomic mass is 16.5. The van der Waals surface area contributed by atoms with Crippen LogP contribution in [0.15, 0.2) is 72.8 Å². The van der Waals surface area contributed by atoms with Crippen LogP contribution in [0.4, 0.5) is 0 Å². The summed E-state index contributed by atoms with van der Waals surface area (Å²) in [7, 11) is 0. The molecule has 5 rings (SSSR count). The van der Waals surface area contributed by atoms with E-state index in [1.54, 1.807) is 0 Å². The van der Waals surface area contributed by atoms with E-state index >= 15 is 0 Å². The Bertz CT molecular complexity index is 1040. The van der Waals surface area contributed by atoms with Gasteiger partial charge in [-0.3, -0.25) is 4.79 Å². The fourth-order valence-electron chi connectivity index (χ4n) is 4.54. The zero-order valence-corrected chi connectivity index (χ0v) is 16.3. The van der Waals surface area contributed by atoms with Gasteiger partial charge in [-0.15, -0.1) is 0 Å². The summed E-state index contributed by atoms with van der Waals surface area (Å²) < 4.78 is 12.0. The van der Waals surface area contributed by atoms with Crippen LogP contribution in [0, 0.1) is 0 Å². The highest BCUT2D eigenvalue weighted by molar-refractivity contribution is 5.73. The lowest BCUT2D eigenvalue weighted by Crippen LogP contribution is -2.12. The van der Waals surface area contributed by atoms with Crippen LogP contribution in [0.5, 0.6) is 5.75 Å². The highest BCUT2D eigenvalue weighted by Gasteiger charge is 2.26. The van der Waals surface area contributed by atoms with E-state index in [2.05, 4.69) is 36.4 Å². The molecule has 3 aromatic rings. The summed E-state index contributed by atoms with van der Waals surface area (Å²) >= 11 is 0. The van der Waals surface area contributed by atoms with Gasteiger partial charge in [0.15, 0.2) is 0 Å². The van der Waals surface area contributed by atoms with Crippen molar-refractivity contribution in [3.63, 3.8) is 0 Å². The Hall–Kier alpha value is -3.07. The van der Waals surface area contributed by atoms with Crippen LogP contribution in [0.25, 0.3) is 0 Å². The van der Waals surface area contributed by atoms with E-state index in [4.69, 9.17) is 9.47 Å². The van der Waals surface area contributed by atoms with E-state index in [9.17, 15) is 4.79 Å². The average molecular weight is 384 g/mol. The molecule has 0 saturated heterocycles. The lowest BCUT2D eigenvalue weighted by atomic mass is 10.1. The van der Waals surface area contributed by atoms with Crippen molar-refractivity contribution in [2.24, 2.45) is 0 Å². The molecule has 3 nitrogen and oxygen atoms in total. The fourth-order valence-corrected chi connectivity index (χ4v) is 4.54. The van der Waals surface area contributed by atoms with Gasteiger partial charge in [-0.05, 0) is 65.6 Å². The minimum absolute atomic E-state index is 0.0865. The first-order valence-electron chi connectivity index (χ1n) is 10.4. The van der Waals surface area contributed by atoms with Crippen LogP contribution in [-0.2, 0) is 28.8 Å². The Balaban J connectivity index is 1.23. The monoisotopic (exact) mass is 384 g/mol. The Labute approximate surface area is 171 Å². The minimum Gasteiger partial charge on any atom is -0.486 e. The predicted octanol–water partition coefficient (Wildman–Crippen LogP) is 5.53. The third kappa shape index (κ3) is 3.77. The van der Waals surface area contributed by atoms with Crippen LogP contribution >= 0.6 is 0 Å². The molecule has 0 heterocycles. The van der Waals surface area contributed by atoms with E-state index in [-0.39, 0.29) is 24.6 Å². The van der Waals surface area contributed by atoms with Crippen LogP contribution in [0.3, 0.4) is 0 Å². The summed E-state index contributed by atoms with van der Waals surface area (Å²) in [5.41, 5.74) is 6.01. The number of aryl methyl sites for hydroxylation is 2. The van der Waals surface area contributed by atoms with Gasteiger partial charge in [-0.25, -0.2) is 0 Å². The van der Waals surface area contributed by atoms with Gasteiger partial charge in [-0.1, -0.05) is 60.7 Å². The van der Waals surface area contributed by atoms with Gasteiger partial charge in [0.05, 0.1) is 6.42 Å². The Morgan fingerprint density at radius 1 is 0.793 bits per heavy atom. The molecule has 0 bridgehead atoms. The zero-order chi connectivity index (χ0) is 19.6. The van der Waals surface area contributed by atoms with Gasteiger partial charge in [0, 0.05) is 0 Å². The Morgan fingerprint density at radius 2 is 1.45 bits per heavy atom. The highest BCUT2D eigenvalue weighted by Crippen LogP contribution is 2.36. The lowest BCUT2D eigenvalue weighted by Gasteiger charge is -2.16. The first kappa shape index (κ1) is 18.0. The fraction of sp³-hybridized carbons (Fsp3) is 0.269.